The van der Waals surface area contributed by atoms with E-state index in [1.165, 1.54) is 6.92 Å². The van der Waals surface area contributed by atoms with Gasteiger partial charge in [0.1, 0.15) is 12.1 Å². The summed E-state index contributed by atoms with van der Waals surface area (Å²) in [6.45, 7) is 4.85. The zero-order chi connectivity index (χ0) is 17.6. The quantitative estimate of drug-likeness (QED) is 0.702. The van der Waals surface area contributed by atoms with Crippen LogP contribution in [-0.4, -0.2) is 35.0 Å². The lowest BCUT2D eigenvalue weighted by atomic mass is 10.0. The first-order chi connectivity index (χ1) is 10.7. The normalized spacial score (nSPS) is 13.3. The molecule has 1 rings (SSSR count). The fourth-order valence-corrected chi connectivity index (χ4v) is 2.33. The zero-order valence-electron chi connectivity index (χ0n) is 13.3. The highest BCUT2D eigenvalue weighted by Crippen LogP contribution is 2.13. The summed E-state index contributed by atoms with van der Waals surface area (Å²) in [5.74, 6) is -2.19. The van der Waals surface area contributed by atoms with E-state index >= 15 is 0 Å². The van der Waals surface area contributed by atoms with E-state index in [4.69, 9.17) is 11.6 Å². The number of halogens is 1. The maximum atomic E-state index is 12.3. The molecule has 3 N–H and O–H groups in total. The van der Waals surface area contributed by atoms with Crippen LogP contribution >= 0.6 is 11.6 Å². The lowest BCUT2D eigenvalue weighted by molar-refractivity contribution is -0.142. The minimum absolute atomic E-state index is 0.104. The molecule has 6 nitrogen and oxygen atoms in total. The van der Waals surface area contributed by atoms with Crippen LogP contribution in [-0.2, 0) is 20.8 Å². The second-order valence-electron chi connectivity index (χ2n) is 5.66. The molecule has 2 atom stereocenters. The van der Waals surface area contributed by atoms with Crippen LogP contribution < -0.4 is 10.6 Å². The van der Waals surface area contributed by atoms with E-state index in [0.29, 0.717) is 10.6 Å². The number of carboxylic acid groups (broad SMARTS) is 1. The topological polar surface area (TPSA) is 95.5 Å². The molecule has 0 saturated carbocycles. The van der Waals surface area contributed by atoms with Crippen LogP contribution in [0.2, 0.25) is 5.02 Å². The second-order valence-corrected chi connectivity index (χ2v) is 6.09. The molecule has 0 aliphatic rings. The van der Waals surface area contributed by atoms with Crippen LogP contribution in [0.1, 0.15) is 26.3 Å². The largest absolute Gasteiger partial charge is 0.480 e. The molecule has 0 bridgehead atoms. The molecule has 0 saturated heterocycles. The minimum atomic E-state index is -1.15. The predicted molar refractivity (Wildman–Crippen MR) is 87.2 cm³/mol. The van der Waals surface area contributed by atoms with Gasteiger partial charge in [-0.2, -0.15) is 0 Å². The SMILES string of the molecule is CC(=O)N[C@@H](C(=O)N[C@H](Cc1cccc(Cl)c1)C(=O)O)C(C)C. The number of carbonyl (C=O) groups excluding carboxylic acids is 2. The Kier molecular flexibility index (Phi) is 7.03. The van der Waals surface area contributed by atoms with Crippen molar-refractivity contribution in [3.8, 4) is 0 Å². The molecule has 0 aliphatic carbocycles. The summed E-state index contributed by atoms with van der Waals surface area (Å²) in [6, 6.07) is 4.90. The van der Waals surface area contributed by atoms with Crippen LogP contribution in [0, 0.1) is 5.92 Å². The van der Waals surface area contributed by atoms with Crippen LogP contribution in [0.4, 0.5) is 0 Å². The van der Waals surface area contributed by atoms with Crippen molar-refractivity contribution in [2.24, 2.45) is 5.92 Å². The maximum absolute atomic E-state index is 12.3. The van der Waals surface area contributed by atoms with Gasteiger partial charge in [-0.05, 0) is 23.6 Å². The zero-order valence-corrected chi connectivity index (χ0v) is 14.1. The van der Waals surface area contributed by atoms with E-state index in [1.807, 2.05) is 0 Å². The first kappa shape index (κ1) is 19.0. The van der Waals surface area contributed by atoms with Crippen LogP contribution in [0.15, 0.2) is 24.3 Å². The number of amides is 2. The number of nitrogens with one attached hydrogen (secondary N) is 2. The summed E-state index contributed by atoms with van der Waals surface area (Å²) in [5, 5.41) is 14.8. The maximum Gasteiger partial charge on any atom is 0.326 e. The fraction of sp³-hybridized carbons (Fsp3) is 0.438. The summed E-state index contributed by atoms with van der Waals surface area (Å²) in [7, 11) is 0. The van der Waals surface area contributed by atoms with Crippen LogP contribution in [0.3, 0.4) is 0 Å². The molecule has 0 aliphatic heterocycles. The van der Waals surface area contributed by atoms with E-state index in [0.717, 1.165) is 0 Å². The third kappa shape index (κ3) is 6.28. The average molecular weight is 341 g/mol. The van der Waals surface area contributed by atoms with Crippen molar-refractivity contribution < 1.29 is 19.5 Å². The first-order valence-electron chi connectivity index (χ1n) is 7.25. The predicted octanol–water partition coefficient (Wildman–Crippen LogP) is 1.61. The van der Waals surface area contributed by atoms with Crippen LogP contribution in [0.5, 0.6) is 0 Å². The first-order valence-corrected chi connectivity index (χ1v) is 7.63. The molecule has 0 unspecified atom stereocenters. The number of benzene rings is 1. The Balaban J connectivity index is 2.84. The van der Waals surface area contributed by atoms with Crippen molar-refractivity contribution in [2.75, 3.05) is 0 Å². The Morgan fingerprint density at radius 3 is 2.35 bits per heavy atom. The summed E-state index contributed by atoms with van der Waals surface area (Å²) in [4.78, 5) is 34.9. The van der Waals surface area contributed by atoms with E-state index < -0.39 is 24.0 Å². The molecule has 0 aromatic heterocycles. The monoisotopic (exact) mass is 340 g/mol. The van der Waals surface area contributed by atoms with Gasteiger partial charge >= 0.3 is 5.97 Å². The van der Waals surface area contributed by atoms with Gasteiger partial charge < -0.3 is 15.7 Å². The lowest BCUT2D eigenvalue weighted by Crippen LogP contribution is -2.53. The number of rotatable bonds is 7. The van der Waals surface area contributed by atoms with Gasteiger partial charge in [-0.25, -0.2) is 4.79 Å². The number of hydrogen-bond acceptors (Lipinski definition) is 3. The van der Waals surface area contributed by atoms with E-state index in [9.17, 15) is 19.5 Å². The minimum Gasteiger partial charge on any atom is -0.480 e. The van der Waals surface area contributed by atoms with Gasteiger partial charge in [-0.15, -0.1) is 0 Å². The Bertz CT molecular complexity index is 589. The van der Waals surface area contributed by atoms with Gasteiger partial charge in [0.25, 0.3) is 0 Å². The molecule has 0 radical (unpaired) electrons. The summed E-state index contributed by atoms with van der Waals surface area (Å²) >= 11 is 5.88. The number of carboxylic acids is 1. The Morgan fingerprint density at radius 1 is 1.22 bits per heavy atom. The summed E-state index contributed by atoms with van der Waals surface area (Å²) in [6.07, 6.45) is 0.104. The highest BCUT2D eigenvalue weighted by Gasteiger charge is 2.28. The summed E-state index contributed by atoms with van der Waals surface area (Å²) in [5.41, 5.74) is 0.700. The third-order valence-electron chi connectivity index (χ3n) is 3.25. The molecule has 0 heterocycles. The number of carbonyl (C=O) groups is 3. The Morgan fingerprint density at radius 2 is 1.87 bits per heavy atom. The van der Waals surface area contributed by atoms with Gasteiger partial charge in [0.2, 0.25) is 11.8 Å². The van der Waals surface area contributed by atoms with E-state index in [2.05, 4.69) is 10.6 Å². The highest BCUT2D eigenvalue weighted by molar-refractivity contribution is 6.30. The average Bonchev–Trinajstić information content (AvgIpc) is 2.43. The second kappa shape index (κ2) is 8.53. The van der Waals surface area contributed by atoms with Crippen molar-refractivity contribution >= 4 is 29.4 Å². The van der Waals surface area contributed by atoms with Gasteiger partial charge in [0.05, 0.1) is 0 Å². The molecule has 23 heavy (non-hydrogen) atoms. The third-order valence-corrected chi connectivity index (χ3v) is 3.49. The van der Waals surface area contributed by atoms with Crippen LogP contribution in [0.25, 0.3) is 0 Å². The Labute approximate surface area is 140 Å². The smallest absolute Gasteiger partial charge is 0.326 e. The number of hydrogen-bond donors (Lipinski definition) is 3. The van der Waals surface area contributed by atoms with Gasteiger partial charge in [-0.3, -0.25) is 9.59 Å². The van der Waals surface area contributed by atoms with Gasteiger partial charge in [0, 0.05) is 18.4 Å². The molecule has 1 aromatic carbocycles. The van der Waals surface area contributed by atoms with Crippen molar-refractivity contribution in [1.82, 2.24) is 10.6 Å². The van der Waals surface area contributed by atoms with Crippen molar-refractivity contribution in [3.05, 3.63) is 34.9 Å². The number of aliphatic carboxylic acids is 1. The van der Waals surface area contributed by atoms with Gasteiger partial charge in [-0.1, -0.05) is 37.6 Å². The van der Waals surface area contributed by atoms with E-state index in [1.54, 1.807) is 38.1 Å². The molecule has 7 heteroatoms. The van der Waals surface area contributed by atoms with E-state index in [-0.39, 0.29) is 18.2 Å². The standard InChI is InChI=1S/C16H21ClN2O4/c1-9(2)14(18-10(3)20)15(21)19-13(16(22)23)8-11-5-4-6-12(17)7-11/h4-7,9,13-14H,8H2,1-3H3,(H,18,20)(H,19,21)(H,22,23)/t13-,14-/m1/s1. The molecule has 2 amide bonds. The lowest BCUT2D eigenvalue weighted by Gasteiger charge is -2.23. The molecular weight excluding hydrogens is 320 g/mol. The van der Waals surface area contributed by atoms with Crippen molar-refractivity contribution in [1.29, 1.82) is 0 Å². The highest BCUT2D eigenvalue weighted by atomic mass is 35.5. The van der Waals surface area contributed by atoms with Gasteiger partial charge in [0.15, 0.2) is 0 Å². The Hall–Kier alpha value is -2.08. The molecule has 126 valence electrons. The van der Waals surface area contributed by atoms with Crippen molar-refractivity contribution in [3.63, 3.8) is 0 Å². The molecular formula is C16H21ClN2O4. The molecule has 1 aromatic rings. The fourth-order valence-electron chi connectivity index (χ4n) is 2.12. The van der Waals surface area contributed by atoms with Crippen molar-refractivity contribution in [2.45, 2.75) is 39.3 Å². The molecule has 0 spiro atoms. The summed E-state index contributed by atoms with van der Waals surface area (Å²) < 4.78 is 0. The molecule has 0 fully saturated rings.